The Balaban J connectivity index is 2.50. The van der Waals surface area contributed by atoms with E-state index in [-0.39, 0.29) is 24.1 Å². The summed E-state index contributed by atoms with van der Waals surface area (Å²) in [7, 11) is 0. The van der Waals surface area contributed by atoms with E-state index in [0.717, 1.165) is 12.1 Å². The molecule has 1 atom stereocenters. The summed E-state index contributed by atoms with van der Waals surface area (Å²) in [6, 6.07) is 3.29. The maximum atomic E-state index is 11.7. The van der Waals surface area contributed by atoms with Crippen LogP contribution in [0.2, 0.25) is 0 Å². The van der Waals surface area contributed by atoms with Crippen molar-refractivity contribution in [1.29, 1.82) is 0 Å². The average molecular weight is 280 g/mol. The molecule has 1 aromatic rings. The van der Waals surface area contributed by atoms with E-state index in [0.29, 0.717) is 12.2 Å². The van der Waals surface area contributed by atoms with Gasteiger partial charge in [-0.15, -0.1) is 5.10 Å². The Morgan fingerprint density at radius 3 is 2.55 bits per heavy atom. The highest BCUT2D eigenvalue weighted by Crippen LogP contribution is 2.19. The van der Waals surface area contributed by atoms with Gasteiger partial charge in [-0.1, -0.05) is 20.8 Å². The lowest BCUT2D eigenvalue weighted by molar-refractivity contribution is 0.245. The third-order valence-corrected chi connectivity index (χ3v) is 2.85. The zero-order valence-corrected chi connectivity index (χ0v) is 12.6. The van der Waals surface area contributed by atoms with Gasteiger partial charge in [-0.3, -0.25) is 5.32 Å². The minimum Gasteiger partial charge on any atom is -0.396 e. The molecular weight excluding hydrogens is 256 g/mol. The fourth-order valence-corrected chi connectivity index (χ4v) is 1.64. The number of nitrogens with one attached hydrogen (secondary N) is 2. The van der Waals surface area contributed by atoms with Crippen LogP contribution in [0, 0.1) is 0 Å². The molecule has 0 saturated heterocycles. The Bertz CT molecular complexity index is 426. The Morgan fingerprint density at radius 2 is 2.05 bits per heavy atom. The zero-order valence-electron chi connectivity index (χ0n) is 12.6. The normalized spacial score (nSPS) is 12.8. The quantitative estimate of drug-likeness (QED) is 0.770. The van der Waals surface area contributed by atoms with E-state index in [2.05, 4.69) is 41.6 Å². The highest BCUT2D eigenvalue weighted by molar-refractivity contribution is 5.88. The summed E-state index contributed by atoms with van der Waals surface area (Å²) in [6.45, 7) is 8.19. The topological polar surface area (TPSA) is 87.1 Å². The molecule has 2 amide bonds. The minimum atomic E-state index is -0.312. The van der Waals surface area contributed by atoms with Gasteiger partial charge in [0, 0.05) is 18.1 Å². The third-order valence-electron chi connectivity index (χ3n) is 2.85. The highest BCUT2D eigenvalue weighted by Gasteiger charge is 2.16. The molecule has 20 heavy (non-hydrogen) atoms. The van der Waals surface area contributed by atoms with Crippen LogP contribution in [-0.2, 0) is 5.41 Å². The second-order valence-electron chi connectivity index (χ2n) is 5.92. The van der Waals surface area contributed by atoms with E-state index >= 15 is 0 Å². The minimum absolute atomic E-state index is 0.00366. The van der Waals surface area contributed by atoms with Gasteiger partial charge in [-0.2, -0.15) is 5.10 Å². The van der Waals surface area contributed by atoms with Gasteiger partial charge < -0.3 is 10.4 Å². The number of anilines is 1. The first-order chi connectivity index (χ1) is 9.32. The predicted molar refractivity (Wildman–Crippen MR) is 78.7 cm³/mol. The van der Waals surface area contributed by atoms with Crippen LogP contribution in [0.25, 0.3) is 0 Å². The van der Waals surface area contributed by atoms with Crippen molar-refractivity contribution < 1.29 is 9.90 Å². The Hall–Kier alpha value is -1.69. The molecule has 0 saturated carbocycles. The van der Waals surface area contributed by atoms with Crippen LogP contribution in [0.5, 0.6) is 0 Å². The van der Waals surface area contributed by atoms with Crippen molar-refractivity contribution in [2.75, 3.05) is 11.9 Å². The first kappa shape index (κ1) is 16.4. The van der Waals surface area contributed by atoms with Gasteiger partial charge in [0.1, 0.15) is 0 Å². The number of carbonyl (C=O) groups excluding carboxylic acids is 1. The van der Waals surface area contributed by atoms with Crippen molar-refractivity contribution in [2.45, 2.75) is 52.0 Å². The summed E-state index contributed by atoms with van der Waals surface area (Å²) in [5.41, 5.74) is 0.812. The molecule has 0 aliphatic rings. The molecule has 1 aromatic heterocycles. The lowest BCUT2D eigenvalue weighted by atomic mass is 9.92. The number of amides is 2. The van der Waals surface area contributed by atoms with Crippen molar-refractivity contribution in [3.8, 4) is 0 Å². The number of hydrogen-bond acceptors (Lipinski definition) is 4. The third kappa shape index (κ3) is 5.52. The number of aliphatic hydroxyl groups is 1. The number of aromatic nitrogens is 2. The molecule has 0 aliphatic carbocycles. The highest BCUT2D eigenvalue weighted by atomic mass is 16.3. The Kier molecular flexibility index (Phi) is 5.88. The molecule has 0 aliphatic heterocycles. The fraction of sp³-hybridized carbons (Fsp3) is 0.643. The van der Waals surface area contributed by atoms with Gasteiger partial charge in [0.05, 0.1) is 5.69 Å². The van der Waals surface area contributed by atoms with Gasteiger partial charge in [0.2, 0.25) is 0 Å². The van der Waals surface area contributed by atoms with E-state index in [4.69, 9.17) is 5.11 Å². The number of nitrogens with zero attached hydrogens (tertiary/aromatic N) is 2. The second-order valence-corrected chi connectivity index (χ2v) is 5.92. The molecule has 1 heterocycles. The first-order valence-corrected chi connectivity index (χ1v) is 6.85. The second kappa shape index (κ2) is 7.19. The van der Waals surface area contributed by atoms with Crippen LogP contribution in [0.3, 0.4) is 0 Å². The van der Waals surface area contributed by atoms with Gasteiger partial charge >= 0.3 is 6.03 Å². The van der Waals surface area contributed by atoms with Gasteiger partial charge in [0.15, 0.2) is 5.82 Å². The van der Waals surface area contributed by atoms with E-state index in [1.165, 1.54) is 0 Å². The smallest absolute Gasteiger partial charge is 0.320 e. The van der Waals surface area contributed by atoms with Gasteiger partial charge in [-0.25, -0.2) is 4.79 Å². The summed E-state index contributed by atoms with van der Waals surface area (Å²) >= 11 is 0. The molecule has 0 aromatic carbocycles. The van der Waals surface area contributed by atoms with E-state index in [9.17, 15) is 4.79 Å². The van der Waals surface area contributed by atoms with Crippen molar-refractivity contribution >= 4 is 11.8 Å². The summed E-state index contributed by atoms with van der Waals surface area (Å²) in [5.74, 6) is 0.421. The molecule has 0 radical (unpaired) electrons. The van der Waals surface area contributed by atoms with Crippen LogP contribution >= 0.6 is 0 Å². The number of hydrogen-bond donors (Lipinski definition) is 3. The number of carbonyl (C=O) groups is 1. The number of aliphatic hydroxyl groups excluding tert-OH is 1. The van der Waals surface area contributed by atoms with E-state index in [1.807, 2.05) is 13.0 Å². The summed E-state index contributed by atoms with van der Waals surface area (Å²) in [6.07, 6.45) is 1.40. The van der Waals surface area contributed by atoms with Crippen LogP contribution in [-0.4, -0.2) is 34.0 Å². The standard InChI is InChI=1S/C14H24N4O2/c1-10(6-5-9-19)15-13(20)16-12-8-7-11(17-18-12)14(2,3)4/h7-8,10,19H,5-6,9H2,1-4H3,(H2,15,16,18,20). The number of urea groups is 1. The SMILES string of the molecule is CC(CCCO)NC(=O)Nc1ccc(C(C)(C)C)nn1. The Labute approximate surface area is 120 Å². The average Bonchev–Trinajstić information content (AvgIpc) is 2.35. The maximum absolute atomic E-state index is 11.7. The lowest BCUT2D eigenvalue weighted by Crippen LogP contribution is -2.36. The Morgan fingerprint density at radius 1 is 1.35 bits per heavy atom. The van der Waals surface area contributed by atoms with Crippen molar-refractivity contribution in [1.82, 2.24) is 15.5 Å². The van der Waals surface area contributed by atoms with E-state index in [1.54, 1.807) is 6.07 Å². The first-order valence-electron chi connectivity index (χ1n) is 6.85. The van der Waals surface area contributed by atoms with Crippen LogP contribution in [0.4, 0.5) is 10.6 Å². The van der Waals surface area contributed by atoms with Crippen LogP contribution in [0.1, 0.15) is 46.2 Å². The van der Waals surface area contributed by atoms with Crippen LogP contribution in [0.15, 0.2) is 12.1 Å². The number of rotatable bonds is 5. The van der Waals surface area contributed by atoms with Crippen molar-refractivity contribution in [2.24, 2.45) is 0 Å². The molecule has 6 heteroatoms. The maximum Gasteiger partial charge on any atom is 0.320 e. The molecule has 0 spiro atoms. The summed E-state index contributed by atoms with van der Waals surface area (Å²) in [5, 5.41) is 22.2. The molecule has 1 rings (SSSR count). The predicted octanol–water partition coefficient (Wildman–Crippen LogP) is 2.06. The monoisotopic (exact) mass is 280 g/mol. The van der Waals surface area contributed by atoms with E-state index < -0.39 is 0 Å². The largest absolute Gasteiger partial charge is 0.396 e. The summed E-state index contributed by atoms with van der Waals surface area (Å²) < 4.78 is 0. The molecule has 6 nitrogen and oxygen atoms in total. The lowest BCUT2D eigenvalue weighted by Gasteiger charge is -2.17. The molecular formula is C14H24N4O2. The fourth-order valence-electron chi connectivity index (χ4n) is 1.64. The summed E-state index contributed by atoms with van der Waals surface area (Å²) in [4.78, 5) is 11.7. The van der Waals surface area contributed by atoms with Gasteiger partial charge in [-0.05, 0) is 31.9 Å². The van der Waals surface area contributed by atoms with Crippen molar-refractivity contribution in [3.63, 3.8) is 0 Å². The van der Waals surface area contributed by atoms with Crippen LogP contribution < -0.4 is 10.6 Å². The molecule has 112 valence electrons. The molecule has 0 fully saturated rings. The van der Waals surface area contributed by atoms with Gasteiger partial charge in [0.25, 0.3) is 0 Å². The zero-order chi connectivity index (χ0) is 15.2. The van der Waals surface area contributed by atoms with Crippen molar-refractivity contribution in [3.05, 3.63) is 17.8 Å². The molecule has 3 N–H and O–H groups in total. The molecule has 1 unspecified atom stereocenters. The molecule has 0 bridgehead atoms.